The normalized spacial score (nSPS) is 9.91. The number of carbonyl (C=O) groups is 1. The molecule has 0 radical (unpaired) electrons. The average molecular weight is 319 g/mol. The highest BCUT2D eigenvalue weighted by molar-refractivity contribution is 6.05. The molecule has 0 fully saturated rings. The fraction of sp³-hybridized carbons (Fsp3) is 0.278. The van der Waals surface area contributed by atoms with Gasteiger partial charge in [-0.2, -0.15) is 0 Å². The molecule has 0 saturated heterocycles. The van der Waals surface area contributed by atoms with Gasteiger partial charge in [-0.15, -0.1) is 12.4 Å². The Kier molecular flexibility index (Phi) is 6.93. The molecule has 0 aliphatic carbocycles. The van der Waals surface area contributed by atoms with E-state index < -0.39 is 0 Å². The Morgan fingerprint density at radius 1 is 1.14 bits per heavy atom. The van der Waals surface area contributed by atoms with Gasteiger partial charge in [-0.1, -0.05) is 31.5 Å². The van der Waals surface area contributed by atoms with Gasteiger partial charge in [0.15, 0.2) is 0 Å². The zero-order valence-corrected chi connectivity index (χ0v) is 13.9. The first-order valence-corrected chi connectivity index (χ1v) is 7.36. The molecule has 2 aromatic carbocycles. The van der Waals surface area contributed by atoms with Crippen molar-refractivity contribution in [1.29, 1.82) is 0 Å². The zero-order valence-electron chi connectivity index (χ0n) is 13.1. The summed E-state index contributed by atoms with van der Waals surface area (Å²) >= 11 is 0. The maximum absolute atomic E-state index is 12.3. The lowest BCUT2D eigenvalue weighted by molar-refractivity contribution is 0.102. The molecule has 0 spiro atoms. The lowest BCUT2D eigenvalue weighted by Crippen LogP contribution is -2.13. The standard InChI is InChI=1S/C18H22N2O.ClH/c1-3-4-5-14-7-10-16(11-8-14)20-18(21)17-12-15(19)9-6-13(17)2;/h6-12H,3-5,19H2,1-2H3,(H,20,21);1H. The molecule has 1 amide bonds. The number of carbonyl (C=O) groups excluding carboxylic acids is 1. The van der Waals surface area contributed by atoms with Crippen molar-refractivity contribution >= 4 is 29.7 Å². The molecule has 0 heterocycles. The van der Waals surface area contributed by atoms with Gasteiger partial charge in [-0.05, 0) is 55.2 Å². The van der Waals surface area contributed by atoms with Gasteiger partial charge < -0.3 is 11.1 Å². The summed E-state index contributed by atoms with van der Waals surface area (Å²) in [7, 11) is 0. The van der Waals surface area contributed by atoms with E-state index in [1.54, 1.807) is 12.1 Å². The SMILES string of the molecule is CCCCc1ccc(NC(=O)c2cc(N)ccc2C)cc1.Cl. The second-order valence-electron chi connectivity index (χ2n) is 5.33. The van der Waals surface area contributed by atoms with Crippen LogP contribution in [0.5, 0.6) is 0 Å². The number of nitrogens with one attached hydrogen (secondary N) is 1. The van der Waals surface area contributed by atoms with Crippen LogP contribution in [0.4, 0.5) is 11.4 Å². The lowest BCUT2D eigenvalue weighted by atomic mass is 10.1. The molecule has 0 aliphatic rings. The number of halogens is 1. The highest BCUT2D eigenvalue weighted by Crippen LogP contribution is 2.16. The van der Waals surface area contributed by atoms with Gasteiger partial charge in [0, 0.05) is 16.9 Å². The van der Waals surface area contributed by atoms with Crippen LogP contribution in [0.1, 0.15) is 41.3 Å². The van der Waals surface area contributed by atoms with Gasteiger partial charge in [0.1, 0.15) is 0 Å². The fourth-order valence-electron chi connectivity index (χ4n) is 2.22. The summed E-state index contributed by atoms with van der Waals surface area (Å²) in [6, 6.07) is 13.4. The fourth-order valence-corrected chi connectivity index (χ4v) is 2.22. The minimum atomic E-state index is -0.124. The van der Waals surface area contributed by atoms with Gasteiger partial charge in [0.2, 0.25) is 0 Å². The number of unbranched alkanes of at least 4 members (excludes halogenated alkanes) is 1. The van der Waals surface area contributed by atoms with E-state index in [0.29, 0.717) is 11.3 Å². The number of rotatable bonds is 5. The molecule has 0 bridgehead atoms. The van der Waals surface area contributed by atoms with Crippen LogP contribution < -0.4 is 11.1 Å². The number of anilines is 2. The number of aryl methyl sites for hydroxylation is 2. The molecule has 0 unspecified atom stereocenters. The van der Waals surface area contributed by atoms with Crippen LogP contribution in [0, 0.1) is 6.92 Å². The molecule has 0 atom stereocenters. The third kappa shape index (κ3) is 4.78. The van der Waals surface area contributed by atoms with E-state index in [-0.39, 0.29) is 18.3 Å². The van der Waals surface area contributed by atoms with Crippen molar-refractivity contribution < 1.29 is 4.79 Å². The smallest absolute Gasteiger partial charge is 0.256 e. The first-order valence-electron chi connectivity index (χ1n) is 7.36. The third-order valence-electron chi connectivity index (χ3n) is 3.54. The lowest BCUT2D eigenvalue weighted by Gasteiger charge is -2.09. The highest BCUT2D eigenvalue weighted by atomic mass is 35.5. The quantitative estimate of drug-likeness (QED) is 0.792. The number of benzene rings is 2. The van der Waals surface area contributed by atoms with Crippen LogP contribution in [0.2, 0.25) is 0 Å². The number of hydrogen-bond donors (Lipinski definition) is 2. The van der Waals surface area contributed by atoms with Gasteiger partial charge >= 0.3 is 0 Å². The summed E-state index contributed by atoms with van der Waals surface area (Å²) in [5.41, 5.74) is 9.98. The van der Waals surface area contributed by atoms with Crippen LogP contribution in [-0.2, 0) is 6.42 Å². The molecule has 0 saturated carbocycles. The van der Waals surface area contributed by atoms with E-state index in [9.17, 15) is 4.79 Å². The molecule has 4 heteroatoms. The van der Waals surface area contributed by atoms with E-state index in [2.05, 4.69) is 24.4 Å². The third-order valence-corrected chi connectivity index (χ3v) is 3.54. The van der Waals surface area contributed by atoms with E-state index in [0.717, 1.165) is 17.7 Å². The first-order chi connectivity index (χ1) is 10.1. The van der Waals surface area contributed by atoms with Gasteiger partial charge in [0.25, 0.3) is 5.91 Å². The van der Waals surface area contributed by atoms with Crippen LogP contribution in [0.3, 0.4) is 0 Å². The van der Waals surface area contributed by atoms with Crippen LogP contribution in [-0.4, -0.2) is 5.91 Å². The molecule has 3 N–H and O–H groups in total. The van der Waals surface area contributed by atoms with E-state index in [1.165, 1.54) is 18.4 Å². The highest BCUT2D eigenvalue weighted by Gasteiger charge is 2.09. The predicted octanol–water partition coefficient (Wildman–Crippen LogP) is 4.59. The summed E-state index contributed by atoms with van der Waals surface area (Å²) in [5.74, 6) is -0.124. The maximum Gasteiger partial charge on any atom is 0.256 e. The van der Waals surface area contributed by atoms with Crippen LogP contribution in [0.15, 0.2) is 42.5 Å². The number of hydrogen-bond acceptors (Lipinski definition) is 2. The second-order valence-corrected chi connectivity index (χ2v) is 5.33. The number of nitrogen functional groups attached to an aromatic ring is 1. The Bertz CT molecular complexity index is 623. The Balaban J connectivity index is 0.00000242. The van der Waals surface area contributed by atoms with E-state index in [1.807, 2.05) is 25.1 Å². The molecule has 2 aromatic rings. The average Bonchev–Trinajstić information content (AvgIpc) is 2.49. The minimum Gasteiger partial charge on any atom is -0.399 e. The monoisotopic (exact) mass is 318 g/mol. The van der Waals surface area contributed by atoms with Gasteiger partial charge in [0.05, 0.1) is 0 Å². The van der Waals surface area contributed by atoms with Crippen molar-refractivity contribution in [1.82, 2.24) is 0 Å². The van der Waals surface area contributed by atoms with Crippen molar-refractivity contribution in [2.45, 2.75) is 33.1 Å². The topological polar surface area (TPSA) is 55.1 Å². The minimum absolute atomic E-state index is 0. The zero-order chi connectivity index (χ0) is 15.2. The molecule has 0 aliphatic heterocycles. The molecule has 0 aromatic heterocycles. The maximum atomic E-state index is 12.3. The Hall–Kier alpha value is -2.00. The van der Waals surface area contributed by atoms with E-state index in [4.69, 9.17) is 5.73 Å². The predicted molar refractivity (Wildman–Crippen MR) is 95.8 cm³/mol. The molecular formula is C18H23ClN2O. The van der Waals surface area contributed by atoms with Gasteiger partial charge in [-0.25, -0.2) is 0 Å². The number of amides is 1. The Morgan fingerprint density at radius 3 is 2.45 bits per heavy atom. The largest absolute Gasteiger partial charge is 0.399 e. The molecule has 22 heavy (non-hydrogen) atoms. The summed E-state index contributed by atoms with van der Waals surface area (Å²) in [6.07, 6.45) is 3.46. The Morgan fingerprint density at radius 2 is 1.82 bits per heavy atom. The number of nitrogens with two attached hydrogens (primary N) is 1. The second kappa shape index (κ2) is 8.44. The van der Waals surface area contributed by atoms with Crippen molar-refractivity contribution in [3.63, 3.8) is 0 Å². The summed E-state index contributed by atoms with van der Waals surface area (Å²) < 4.78 is 0. The van der Waals surface area contributed by atoms with Gasteiger partial charge in [-0.3, -0.25) is 4.79 Å². The molecular weight excluding hydrogens is 296 g/mol. The molecule has 118 valence electrons. The van der Waals surface area contributed by atoms with Crippen molar-refractivity contribution in [3.8, 4) is 0 Å². The van der Waals surface area contributed by atoms with Crippen molar-refractivity contribution in [3.05, 3.63) is 59.2 Å². The van der Waals surface area contributed by atoms with Crippen LogP contribution >= 0.6 is 12.4 Å². The summed E-state index contributed by atoms with van der Waals surface area (Å²) in [5, 5.41) is 2.92. The summed E-state index contributed by atoms with van der Waals surface area (Å²) in [6.45, 7) is 4.09. The van der Waals surface area contributed by atoms with E-state index >= 15 is 0 Å². The summed E-state index contributed by atoms with van der Waals surface area (Å²) in [4.78, 5) is 12.3. The van der Waals surface area contributed by atoms with Crippen LogP contribution in [0.25, 0.3) is 0 Å². The van der Waals surface area contributed by atoms with Crippen molar-refractivity contribution in [2.75, 3.05) is 11.1 Å². The van der Waals surface area contributed by atoms with Crippen molar-refractivity contribution in [2.24, 2.45) is 0 Å². The first kappa shape index (κ1) is 18.1. The molecule has 3 nitrogen and oxygen atoms in total. The molecule has 2 rings (SSSR count). The Labute approximate surface area is 138 Å².